The van der Waals surface area contributed by atoms with Crippen LogP contribution in [0.3, 0.4) is 0 Å². The van der Waals surface area contributed by atoms with E-state index in [2.05, 4.69) is 4.99 Å². The Morgan fingerprint density at radius 2 is 2.35 bits per heavy atom. The second-order valence-electron chi connectivity index (χ2n) is 4.65. The van der Waals surface area contributed by atoms with Gasteiger partial charge in [0.25, 0.3) is 6.02 Å². The van der Waals surface area contributed by atoms with Crippen molar-refractivity contribution in [1.29, 1.82) is 0 Å². The lowest BCUT2D eigenvalue weighted by Crippen LogP contribution is -2.26. The smallest absolute Gasteiger partial charge is 0.282 e. The largest absolute Gasteiger partial charge is 0.493 e. The Morgan fingerprint density at radius 1 is 1.53 bits per heavy atom. The lowest BCUT2D eigenvalue weighted by molar-refractivity contribution is 0.216. The molecule has 0 amide bonds. The van der Waals surface area contributed by atoms with Crippen molar-refractivity contribution in [2.45, 2.75) is 25.8 Å². The van der Waals surface area contributed by atoms with Crippen LogP contribution in [0.15, 0.2) is 29.3 Å². The number of ether oxygens (including phenoxy) is 2. The molecule has 0 saturated carbocycles. The molecule has 4 heteroatoms. The molecule has 0 saturated heterocycles. The summed E-state index contributed by atoms with van der Waals surface area (Å²) in [6.07, 6.45) is 0.793. The summed E-state index contributed by atoms with van der Waals surface area (Å²) in [5, 5.41) is 0. The number of aliphatic imine (C=N–C) groups is 1. The SMILES string of the molecule is Cc1cccc(OCC[C@@]2(C)COC(N)=N2)c1. The lowest BCUT2D eigenvalue weighted by Gasteiger charge is -2.18. The minimum absolute atomic E-state index is 0.242. The van der Waals surface area contributed by atoms with E-state index in [1.54, 1.807) is 0 Å². The van der Waals surface area contributed by atoms with E-state index in [4.69, 9.17) is 15.2 Å². The Hall–Kier alpha value is -1.71. The van der Waals surface area contributed by atoms with Crippen molar-refractivity contribution in [3.63, 3.8) is 0 Å². The molecule has 92 valence electrons. The van der Waals surface area contributed by atoms with Crippen molar-refractivity contribution >= 4 is 6.02 Å². The van der Waals surface area contributed by atoms with Crippen molar-refractivity contribution < 1.29 is 9.47 Å². The summed E-state index contributed by atoms with van der Waals surface area (Å²) in [7, 11) is 0. The van der Waals surface area contributed by atoms with Gasteiger partial charge < -0.3 is 15.2 Å². The van der Waals surface area contributed by atoms with Gasteiger partial charge in [0.2, 0.25) is 0 Å². The van der Waals surface area contributed by atoms with Crippen LogP contribution in [0, 0.1) is 6.92 Å². The van der Waals surface area contributed by atoms with E-state index in [1.807, 2.05) is 38.1 Å². The first kappa shape index (κ1) is 11.8. The average molecular weight is 234 g/mol. The maximum absolute atomic E-state index is 5.68. The van der Waals surface area contributed by atoms with Crippen LogP contribution in [0.25, 0.3) is 0 Å². The zero-order valence-electron chi connectivity index (χ0n) is 10.3. The molecule has 0 unspecified atom stereocenters. The second-order valence-corrected chi connectivity index (χ2v) is 4.65. The van der Waals surface area contributed by atoms with E-state index in [1.165, 1.54) is 5.56 Å². The molecule has 1 heterocycles. The second kappa shape index (κ2) is 4.65. The molecule has 1 aromatic carbocycles. The summed E-state index contributed by atoms with van der Waals surface area (Å²) < 4.78 is 10.8. The van der Waals surface area contributed by atoms with Crippen LogP contribution in [-0.2, 0) is 4.74 Å². The van der Waals surface area contributed by atoms with Crippen LogP contribution >= 0.6 is 0 Å². The third kappa shape index (κ3) is 3.12. The van der Waals surface area contributed by atoms with Gasteiger partial charge in [-0.1, -0.05) is 12.1 Å². The maximum atomic E-state index is 5.68. The molecule has 1 atom stereocenters. The average Bonchev–Trinajstić information content (AvgIpc) is 2.59. The fourth-order valence-electron chi connectivity index (χ4n) is 1.78. The first-order chi connectivity index (χ1) is 8.07. The van der Waals surface area contributed by atoms with E-state index >= 15 is 0 Å². The van der Waals surface area contributed by atoms with E-state index in [0.717, 1.165) is 12.2 Å². The van der Waals surface area contributed by atoms with Gasteiger partial charge in [-0.2, -0.15) is 0 Å². The third-order valence-electron chi connectivity index (χ3n) is 2.81. The molecule has 0 aromatic heterocycles. The molecule has 0 bridgehead atoms. The van der Waals surface area contributed by atoms with Crippen LogP contribution < -0.4 is 10.5 Å². The van der Waals surface area contributed by atoms with Crippen LogP contribution in [0.5, 0.6) is 5.75 Å². The molecule has 1 aliphatic heterocycles. The molecule has 4 nitrogen and oxygen atoms in total. The number of rotatable bonds is 4. The zero-order valence-corrected chi connectivity index (χ0v) is 10.3. The molecular formula is C13H18N2O2. The minimum atomic E-state index is -0.242. The Kier molecular flexibility index (Phi) is 3.22. The molecule has 1 aromatic rings. The molecule has 0 aliphatic carbocycles. The fourth-order valence-corrected chi connectivity index (χ4v) is 1.78. The van der Waals surface area contributed by atoms with Crippen LogP contribution in [-0.4, -0.2) is 24.8 Å². The van der Waals surface area contributed by atoms with Gasteiger partial charge >= 0.3 is 0 Å². The summed E-state index contributed by atoms with van der Waals surface area (Å²) in [6.45, 7) is 5.21. The van der Waals surface area contributed by atoms with Gasteiger partial charge in [-0.15, -0.1) is 0 Å². The Labute approximate surface area is 101 Å². The van der Waals surface area contributed by atoms with Crippen molar-refractivity contribution in [3.05, 3.63) is 29.8 Å². The van der Waals surface area contributed by atoms with Crippen LogP contribution in [0.1, 0.15) is 18.9 Å². The molecule has 0 radical (unpaired) electrons. The fraction of sp³-hybridized carbons (Fsp3) is 0.462. The highest BCUT2D eigenvalue weighted by molar-refractivity contribution is 5.73. The number of aryl methyl sites for hydroxylation is 1. The molecule has 0 spiro atoms. The van der Waals surface area contributed by atoms with Crippen molar-refractivity contribution in [2.24, 2.45) is 10.7 Å². The quantitative estimate of drug-likeness (QED) is 0.865. The molecule has 1 aliphatic rings. The van der Waals surface area contributed by atoms with Gasteiger partial charge in [0.1, 0.15) is 17.9 Å². The number of hydrogen-bond acceptors (Lipinski definition) is 4. The molecule has 0 fully saturated rings. The Balaban J connectivity index is 1.84. The molecular weight excluding hydrogens is 216 g/mol. The Bertz CT molecular complexity index is 431. The molecule has 17 heavy (non-hydrogen) atoms. The van der Waals surface area contributed by atoms with E-state index in [-0.39, 0.29) is 11.6 Å². The predicted molar refractivity (Wildman–Crippen MR) is 67.3 cm³/mol. The van der Waals surface area contributed by atoms with Crippen LogP contribution in [0.2, 0.25) is 0 Å². The number of nitrogens with zero attached hydrogens (tertiary/aromatic N) is 1. The first-order valence-corrected chi connectivity index (χ1v) is 5.75. The summed E-state index contributed by atoms with van der Waals surface area (Å²) in [4.78, 5) is 4.26. The number of nitrogens with two attached hydrogens (primary N) is 1. The van der Waals surface area contributed by atoms with Crippen molar-refractivity contribution in [3.8, 4) is 5.75 Å². The summed E-state index contributed by atoms with van der Waals surface area (Å²) in [6, 6.07) is 8.29. The standard InChI is InChI=1S/C13H18N2O2/c1-10-4-3-5-11(8-10)16-7-6-13(2)9-17-12(14)15-13/h3-5,8H,6-7,9H2,1-2H3,(H2,14,15)/t13-/m0/s1. The highest BCUT2D eigenvalue weighted by Crippen LogP contribution is 2.22. The van der Waals surface area contributed by atoms with Gasteiger partial charge in [-0.25, -0.2) is 4.99 Å². The number of amidine groups is 1. The molecule has 2 N–H and O–H groups in total. The van der Waals surface area contributed by atoms with Crippen LogP contribution in [0.4, 0.5) is 0 Å². The highest BCUT2D eigenvalue weighted by Gasteiger charge is 2.30. The van der Waals surface area contributed by atoms with Crippen molar-refractivity contribution in [2.75, 3.05) is 13.2 Å². The maximum Gasteiger partial charge on any atom is 0.282 e. The van der Waals surface area contributed by atoms with Gasteiger partial charge in [-0.3, -0.25) is 0 Å². The monoisotopic (exact) mass is 234 g/mol. The summed E-state index contributed by atoms with van der Waals surface area (Å²) in [5.41, 5.74) is 6.45. The van der Waals surface area contributed by atoms with Gasteiger partial charge in [0.05, 0.1) is 6.61 Å². The number of hydrogen-bond donors (Lipinski definition) is 1. The lowest BCUT2D eigenvalue weighted by atomic mass is 10.0. The van der Waals surface area contributed by atoms with Gasteiger partial charge in [0, 0.05) is 6.42 Å². The third-order valence-corrected chi connectivity index (χ3v) is 2.81. The van der Waals surface area contributed by atoms with Crippen molar-refractivity contribution in [1.82, 2.24) is 0 Å². The van der Waals surface area contributed by atoms with Gasteiger partial charge in [-0.05, 0) is 31.5 Å². The first-order valence-electron chi connectivity index (χ1n) is 5.75. The number of benzene rings is 1. The van der Waals surface area contributed by atoms with Gasteiger partial charge in [0.15, 0.2) is 0 Å². The summed E-state index contributed by atoms with van der Waals surface area (Å²) >= 11 is 0. The highest BCUT2D eigenvalue weighted by atomic mass is 16.5. The minimum Gasteiger partial charge on any atom is -0.493 e. The normalized spacial score (nSPS) is 23.1. The Morgan fingerprint density at radius 3 is 3.00 bits per heavy atom. The van der Waals surface area contributed by atoms with E-state index in [0.29, 0.717) is 13.2 Å². The predicted octanol–water partition coefficient (Wildman–Crippen LogP) is 1.87. The van der Waals surface area contributed by atoms with E-state index < -0.39 is 0 Å². The molecule has 2 rings (SSSR count). The van der Waals surface area contributed by atoms with E-state index in [9.17, 15) is 0 Å². The summed E-state index contributed by atoms with van der Waals surface area (Å²) in [5.74, 6) is 0.893. The zero-order chi connectivity index (χ0) is 12.3. The topological polar surface area (TPSA) is 56.8 Å².